The molecule has 2 aromatic heterocycles. The number of nitrogens with zero attached hydrogens (tertiary/aromatic N) is 5. The number of benzene rings is 3. The third-order valence-electron chi connectivity index (χ3n) is 9.54. The first-order chi connectivity index (χ1) is 21.0. The summed E-state index contributed by atoms with van der Waals surface area (Å²) in [5.41, 5.74) is 9.49. The molecule has 5 heterocycles. The summed E-state index contributed by atoms with van der Waals surface area (Å²) >= 11 is 0. The minimum atomic E-state index is -0.100. The Morgan fingerprint density at radius 2 is 1.70 bits per heavy atom. The number of amides is 2. The van der Waals surface area contributed by atoms with Crippen molar-refractivity contribution in [1.29, 1.82) is 0 Å². The van der Waals surface area contributed by atoms with Crippen LogP contribution in [0.4, 0.5) is 21.9 Å². The Bertz CT molecular complexity index is 1880. The fourth-order valence-corrected chi connectivity index (χ4v) is 7.55. The molecule has 1 N–H and O–H groups in total. The zero-order valence-electron chi connectivity index (χ0n) is 24.8. The largest absolute Gasteiger partial charge is 0.368 e. The van der Waals surface area contributed by atoms with Crippen LogP contribution in [0.3, 0.4) is 0 Å². The predicted molar refractivity (Wildman–Crippen MR) is 175 cm³/mol. The minimum Gasteiger partial charge on any atom is -0.368 e. The number of anilines is 3. The normalized spacial score (nSPS) is 18.3. The van der Waals surface area contributed by atoms with Crippen LogP contribution in [0.25, 0.3) is 32.8 Å². The maximum atomic E-state index is 13.9. The van der Waals surface area contributed by atoms with Gasteiger partial charge in [-0.3, -0.25) is 19.8 Å². The van der Waals surface area contributed by atoms with Crippen molar-refractivity contribution in [2.45, 2.75) is 39.2 Å². The van der Waals surface area contributed by atoms with Gasteiger partial charge in [-0.25, -0.2) is 4.79 Å². The Morgan fingerprint density at radius 1 is 0.860 bits per heavy atom. The summed E-state index contributed by atoms with van der Waals surface area (Å²) < 4.78 is 0. The SMILES string of the molecule is Cc1cc(-c2cccc3c(NC(=O)N4CCc5cc6nccc(N7CCN8CCCC8C7)c6cc54)cccc23)cc(C)n1. The smallest absolute Gasteiger partial charge is 0.326 e. The van der Waals surface area contributed by atoms with E-state index in [1.807, 2.05) is 37.1 Å². The van der Waals surface area contributed by atoms with Crippen molar-refractivity contribution >= 4 is 44.8 Å². The number of nitrogens with one attached hydrogen (secondary N) is 1. The second-order valence-corrected chi connectivity index (χ2v) is 12.3. The van der Waals surface area contributed by atoms with E-state index >= 15 is 0 Å². The highest BCUT2D eigenvalue weighted by Crippen LogP contribution is 2.38. The van der Waals surface area contributed by atoms with Gasteiger partial charge in [0.15, 0.2) is 0 Å². The van der Waals surface area contributed by atoms with E-state index < -0.39 is 0 Å². The van der Waals surface area contributed by atoms with Crippen molar-refractivity contribution in [3.63, 3.8) is 0 Å². The van der Waals surface area contributed by atoms with Gasteiger partial charge in [0.2, 0.25) is 0 Å². The number of carbonyl (C=O) groups is 1. The van der Waals surface area contributed by atoms with E-state index in [1.165, 1.54) is 30.6 Å². The summed E-state index contributed by atoms with van der Waals surface area (Å²) in [6.07, 6.45) is 5.34. The number of rotatable bonds is 3. The molecule has 3 aromatic carbocycles. The van der Waals surface area contributed by atoms with Crippen LogP contribution in [0.5, 0.6) is 0 Å². The highest BCUT2D eigenvalue weighted by Gasteiger charge is 2.32. The molecule has 1 atom stereocenters. The molecule has 1 unspecified atom stereocenters. The van der Waals surface area contributed by atoms with E-state index in [-0.39, 0.29) is 6.03 Å². The molecule has 3 aliphatic heterocycles. The maximum absolute atomic E-state index is 13.9. The average molecular weight is 569 g/mol. The van der Waals surface area contributed by atoms with Gasteiger partial charge in [-0.1, -0.05) is 30.3 Å². The van der Waals surface area contributed by atoms with Gasteiger partial charge < -0.3 is 10.2 Å². The first kappa shape index (κ1) is 26.2. The molecule has 43 heavy (non-hydrogen) atoms. The molecule has 8 rings (SSSR count). The number of aromatic nitrogens is 2. The fraction of sp³-hybridized carbons (Fsp3) is 0.306. The summed E-state index contributed by atoms with van der Waals surface area (Å²) in [6, 6.07) is 23.8. The molecule has 216 valence electrons. The van der Waals surface area contributed by atoms with Gasteiger partial charge in [0.05, 0.1) is 11.2 Å². The molecule has 7 nitrogen and oxygen atoms in total. The van der Waals surface area contributed by atoms with Crippen LogP contribution in [0.15, 0.2) is 72.9 Å². The number of piperazine rings is 1. The number of fused-ring (bicyclic) bond motifs is 4. The van der Waals surface area contributed by atoms with E-state index in [4.69, 9.17) is 4.98 Å². The second-order valence-electron chi connectivity index (χ2n) is 12.3. The Hall–Kier alpha value is -4.49. The second kappa shape index (κ2) is 10.3. The monoisotopic (exact) mass is 568 g/mol. The molecule has 7 heteroatoms. The number of hydrogen-bond acceptors (Lipinski definition) is 5. The van der Waals surface area contributed by atoms with E-state index in [9.17, 15) is 4.79 Å². The van der Waals surface area contributed by atoms with Gasteiger partial charge in [-0.2, -0.15) is 0 Å². The zero-order valence-corrected chi connectivity index (χ0v) is 24.8. The highest BCUT2D eigenvalue weighted by atomic mass is 16.2. The van der Waals surface area contributed by atoms with Crippen molar-refractivity contribution in [3.8, 4) is 11.1 Å². The van der Waals surface area contributed by atoms with E-state index in [2.05, 4.69) is 74.7 Å². The standard InChI is InChI=1S/C36H36N6O/c1-23-18-26(19-24(2)38-23)28-7-3-9-30-29(28)8-4-10-32(30)39-36(43)42-15-12-25-20-33-31(21-35(25)42)34(11-13-37-33)41-17-16-40-14-5-6-27(40)22-41/h3-4,7-11,13,18-21,27H,5-6,12,14-17,22H2,1-2H3,(H,39,43). The lowest BCUT2D eigenvalue weighted by molar-refractivity contribution is 0.231. The predicted octanol–water partition coefficient (Wildman–Crippen LogP) is 6.95. The Kier molecular flexibility index (Phi) is 6.30. The van der Waals surface area contributed by atoms with Gasteiger partial charge in [0, 0.05) is 72.0 Å². The zero-order chi connectivity index (χ0) is 29.1. The van der Waals surface area contributed by atoms with Crippen LogP contribution in [-0.4, -0.2) is 59.7 Å². The van der Waals surface area contributed by atoms with Crippen LogP contribution < -0.4 is 15.1 Å². The number of pyridine rings is 2. The molecule has 2 amide bonds. The van der Waals surface area contributed by atoms with Gasteiger partial charge >= 0.3 is 6.03 Å². The minimum absolute atomic E-state index is 0.100. The van der Waals surface area contributed by atoms with Gasteiger partial charge in [0.1, 0.15) is 0 Å². The van der Waals surface area contributed by atoms with Crippen LogP contribution >= 0.6 is 0 Å². The molecule has 0 saturated carbocycles. The van der Waals surface area contributed by atoms with E-state index in [1.54, 1.807) is 0 Å². The summed E-state index contributed by atoms with van der Waals surface area (Å²) in [7, 11) is 0. The molecule has 0 spiro atoms. The lowest BCUT2D eigenvalue weighted by Gasteiger charge is -2.39. The van der Waals surface area contributed by atoms with Crippen LogP contribution in [0.2, 0.25) is 0 Å². The van der Waals surface area contributed by atoms with Gasteiger partial charge in [-0.15, -0.1) is 0 Å². The third-order valence-corrected chi connectivity index (χ3v) is 9.54. The Morgan fingerprint density at radius 3 is 2.58 bits per heavy atom. The van der Waals surface area contributed by atoms with Crippen LogP contribution in [-0.2, 0) is 6.42 Å². The van der Waals surface area contributed by atoms with Crippen molar-refractivity contribution in [3.05, 3.63) is 89.9 Å². The maximum Gasteiger partial charge on any atom is 0.326 e. The van der Waals surface area contributed by atoms with Crippen molar-refractivity contribution in [1.82, 2.24) is 14.9 Å². The first-order valence-electron chi connectivity index (χ1n) is 15.5. The van der Waals surface area contributed by atoms with Crippen LogP contribution in [0.1, 0.15) is 29.8 Å². The van der Waals surface area contributed by atoms with Gasteiger partial charge in [0.25, 0.3) is 0 Å². The lowest BCUT2D eigenvalue weighted by Crippen LogP contribution is -2.50. The molecular weight excluding hydrogens is 532 g/mol. The number of urea groups is 1. The summed E-state index contributed by atoms with van der Waals surface area (Å²) in [5.74, 6) is 0. The Balaban J connectivity index is 1.11. The summed E-state index contributed by atoms with van der Waals surface area (Å²) in [4.78, 5) is 30.2. The molecule has 2 saturated heterocycles. The van der Waals surface area contributed by atoms with Gasteiger partial charge in [-0.05, 0) is 98.1 Å². The van der Waals surface area contributed by atoms with Crippen molar-refractivity contribution in [2.75, 3.05) is 47.8 Å². The third kappa shape index (κ3) is 4.59. The highest BCUT2D eigenvalue weighted by molar-refractivity contribution is 6.11. The lowest BCUT2D eigenvalue weighted by atomic mass is 9.97. The summed E-state index contributed by atoms with van der Waals surface area (Å²) in [5, 5.41) is 6.52. The van der Waals surface area contributed by atoms with Crippen LogP contribution in [0, 0.1) is 13.8 Å². The molecule has 2 fully saturated rings. The fourth-order valence-electron chi connectivity index (χ4n) is 7.55. The van der Waals surface area contributed by atoms with Crippen molar-refractivity contribution in [2.24, 2.45) is 0 Å². The average Bonchev–Trinajstić information content (AvgIpc) is 3.65. The molecule has 0 bridgehead atoms. The van der Waals surface area contributed by atoms with E-state index in [0.29, 0.717) is 12.6 Å². The Labute approximate surface area is 252 Å². The summed E-state index contributed by atoms with van der Waals surface area (Å²) in [6.45, 7) is 9.13. The molecule has 5 aromatic rings. The topological polar surface area (TPSA) is 64.6 Å². The quantitative estimate of drug-likeness (QED) is 0.255. The number of aryl methyl sites for hydroxylation is 2. The molecule has 3 aliphatic rings. The number of carbonyl (C=O) groups excluding carboxylic acids is 1. The molecular formula is C36H36N6O. The van der Waals surface area contributed by atoms with E-state index in [0.717, 1.165) is 81.6 Å². The number of hydrogen-bond donors (Lipinski definition) is 1. The molecule has 0 aliphatic carbocycles. The van der Waals surface area contributed by atoms with Crippen molar-refractivity contribution < 1.29 is 4.79 Å². The molecule has 0 radical (unpaired) electrons. The first-order valence-corrected chi connectivity index (χ1v) is 15.5.